The lowest BCUT2D eigenvalue weighted by Gasteiger charge is -2.36. The van der Waals surface area contributed by atoms with Gasteiger partial charge < -0.3 is 4.74 Å². The molecular formula is C11H19NO. The summed E-state index contributed by atoms with van der Waals surface area (Å²) in [5.41, 5.74) is 0. The highest BCUT2D eigenvalue weighted by Gasteiger charge is 2.47. The van der Waals surface area contributed by atoms with Crippen molar-refractivity contribution in [2.75, 3.05) is 19.7 Å². The fourth-order valence-corrected chi connectivity index (χ4v) is 3.16. The van der Waals surface area contributed by atoms with E-state index in [0.717, 1.165) is 24.5 Å². The van der Waals surface area contributed by atoms with Gasteiger partial charge in [0.05, 0.1) is 12.7 Å². The van der Waals surface area contributed by atoms with E-state index >= 15 is 0 Å². The number of hydrogen-bond donors (Lipinski definition) is 0. The number of nitrogens with zero attached hydrogens (tertiary/aromatic N) is 1. The second-order valence-corrected chi connectivity index (χ2v) is 5.06. The lowest BCUT2D eigenvalue weighted by atomic mass is 10.1. The number of hydrogen-bond acceptors (Lipinski definition) is 2. The highest BCUT2D eigenvalue weighted by molar-refractivity contribution is 5.00. The molecule has 1 heterocycles. The average molecular weight is 181 g/mol. The van der Waals surface area contributed by atoms with Crippen LogP contribution < -0.4 is 0 Å². The first kappa shape index (κ1) is 8.25. The van der Waals surface area contributed by atoms with E-state index < -0.39 is 0 Å². The zero-order valence-electron chi connectivity index (χ0n) is 8.41. The Morgan fingerprint density at radius 3 is 2.62 bits per heavy atom. The highest BCUT2D eigenvalue weighted by Crippen LogP contribution is 2.53. The molecule has 0 bridgehead atoms. The second-order valence-electron chi connectivity index (χ2n) is 5.06. The summed E-state index contributed by atoms with van der Waals surface area (Å²) in [5.74, 6) is 2.23. The Morgan fingerprint density at radius 1 is 1.15 bits per heavy atom. The molecule has 0 amide bonds. The van der Waals surface area contributed by atoms with Crippen molar-refractivity contribution in [1.82, 2.24) is 4.90 Å². The van der Waals surface area contributed by atoms with E-state index in [9.17, 15) is 0 Å². The van der Waals surface area contributed by atoms with E-state index in [1.54, 1.807) is 0 Å². The van der Waals surface area contributed by atoms with Crippen LogP contribution in [0, 0.1) is 11.8 Å². The molecule has 1 aliphatic heterocycles. The van der Waals surface area contributed by atoms with Crippen molar-refractivity contribution in [3.05, 3.63) is 0 Å². The van der Waals surface area contributed by atoms with Gasteiger partial charge in [0.15, 0.2) is 0 Å². The Morgan fingerprint density at radius 2 is 1.92 bits per heavy atom. The van der Waals surface area contributed by atoms with Crippen molar-refractivity contribution in [3.63, 3.8) is 0 Å². The van der Waals surface area contributed by atoms with Crippen LogP contribution in [0.4, 0.5) is 0 Å². The average Bonchev–Trinajstić information content (AvgIpc) is 2.74. The molecule has 0 N–H and O–H groups in total. The summed E-state index contributed by atoms with van der Waals surface area (Å²) in [4.78, 5) is 2.67. The standard InChI is InChI=1S/C11H19NO/c1-8-7-12(2-3-13-8)11-5-9-4-10(9)6-11/h8-11H,2-7H2,1H3. The van der Waals surface area contributed by atoms with Gasteiger partial charge in [-0.3, -0.25) is 4.90 Å². The summed E-state index contributed by atoms with van der Waals surface area (Å²) in [5, 5.41) is 0. The molecule has 2 heteroatoms. The first-order valence-electron chi connectivity index (χ1n) is 5.68. The Hall–Kier alpha value is -0.0800. The molecule has 0 radical (unpaired) electrons. The van der Waals surface area contributed by atoms with E-state index in [1.807, 2.05) is 0 Å². The fourth-order valence-electron chi connectivity index (χ4n) is 3.16. The maximum atomic E-state index is 5.56. The Kier molecular flexibility index (Phi) is 1.88. The van der Waals surface area contributed by atoms with E-state index in [1.165, 1.54) is 32.4 Å². The van der Waals surface area contributed by atoms with Crippen LogP contribution >= 0.6 is 0 Å². The minimum Gasteiger partial charge on any atom is -0.376 e. The molecule has 0 aromatic rings. The fraction of sp³-hybridized carbons (Fsp3) is 1.00. The molecule has 2 saturated carbocycles. The third kappa shape index (κ3) is 1.50. The molecule has 3 atom stereocenters. The highest BCUT2D eigenvalue weighted by atomic mass is 16.5. The van der Waals surface area contributed by atoms with Crippen LogP contribution in [0.3, 0.4) is 0 Å². The first-order chi connectivity index (χ1) is 6.33. The van der Waals surface area contributed by atoms with Crippen molar-refractivity contribution >= 4 is 0 Å². The van der Waals surface area contributed by atoms with Crippen molar-refractivity contribution in [1.29, 1.82) is 0 Å². The predicted octanol–water partition coefficient (Wildman–Crippen LogP) is 1.51. The van der Waals surface area contributed by atoms with Crippen molar-refractivity contribution in [2.24, 2.45) is 11.8 Å². The summed E-state index contributed by atoms with van der Waals surface area (Å²) in [6.45, 7) is 5.49. The van der Waals surface area contributed by atoms with Crippen LogP contribution in [-0.2, 0) is 4.74 Å². The molecule has 13 heavy (non-hydrogen) atoms. The smallest absolute Gasteiger partial charge is 0.0674 e. The largest absolute Gasteiger partial charge is 0.376 e. The van der Waals surface area contributed by atoms with Crippen LogP contribution in [0.2, 0.25) is 0 Å². The molecule has 0 spiro atoms. The molecule has 2 nitrogen and oxygen atoms in total. The Bertz CT molecular complexity index is 196. The third-order valence-corrected chi connectivity index (χ3v) is 4.01. The minimum absolute atomic E-state index is 0.464. The Balaban J connectivity index is 1.58. The normalized spacial score (nSPS) is 50.5. The van der Waals surface area contributed by atoms with Gasteiger partial charge in [0.25, 0.3) is 0 Å². The molecule has 3 unspecified atom stereocenters. The summed E-state index contributed by atoms with van der Waals surface area (Å²) in [7, 11) is 0. The quantitative estimate of drug-likeness (QED) is 0.608. The number of rotatable bonds is 1. The molecule has 3 fully saturated rings. The van der Waals surface area contributed by atoms with E-state index in [4.69, 9.17) is 4.74 Å². The van der Waals surface area contributed by atoms with Gasteiger partial charge in [0, 0.05) is 19.1 Å². The summed E-state index contributed by atoms with van der Waals surface area (Å²) in [6, 6.07) is 0.912. The number of fused-ring (bicyclic) bond motifs is 1. The zero-order chi connectivity index (χ0) is 8.84. The molecule has 2 aliphatic carbocycles. The monoisotopic (exact) mass is 181 g/mol. The van der Waals surface area contributed by atoms with Crippen LogP contribution in [0.1, 0.15) is 26.2 Å². The molecule has 3 aliphatic rings. The first-order valence-corrected chi connectivity index (χ1v) is 5.68. The van der Waals surface area contributed by atoms with Gasteiger partial charge in [-0.25, -0.2) is 0 Å². The van der Waals surface area contributed by atoms with Crippen LogP contribution in [0.15, 0.2) is 0 Å². The number of morpholine rings is 1. The molecule has 0 aromatic heterocycles. The summed E-state index contributed by atoms with van der Waals surface area (Å²) < 4.78 is 5.56. The summed E-state index contributed by atoms with van der Waals surface area (Å²) >= 11 is 0. The van der Waals surface area contributed by atoms with Crippen LogP contribution in [0.5, 0.6) is 0 Å². The van der Waals surface area contributed by atoms with E-state index in [2.05, 4.69) is 11.8 Å². The molecule has 3 rings (SSSR count). The van der Waals surface area contributed by atoms with E-state index in [0.29, 0.717) is 6.10 Å². The lowest BCUT2D eigenvalue weighted by Crippen LogP contribution is -2.46. The minimum atomic E-state index is 0.464. The molecule has 0 aromatic carbocycles. The van der Waals surface area contributed by atoms with Crippen LogP contribution in [-0.4, -0.2) is 36.7 Å². The van der Waals surface area contributed by atoms with Gasteiger partial charge in [-0.05, 0) is 38.0 Å². The Labute approximate surface area is 80.2 Å². The van der Waals surface area contributed by atoms with Gasteiger partial charge in [0.1, 0.15) is 0 Å². The van der Waals surface area contributed by atoms with Crippen LogP contribution in [0.25, 0.3) is 0 Å². The topological polar surface area (TPSA) is 12.5 Å². The van der Waals surface area contributed by atoms with Crippen molar-refractivity contribution < 1.29 is 4.74 Å². The van der Waals surface area contributed by atoms with Crippen molar-refractivity contribution in [2.45, 2.75) is 38.3 Å². The molecule has 1 saturated heterocycles. The predicted molar refractivity (Wildman–Crippen MR) is 51.6 cm³/mol. The zero-order valence-corrected chi connectivity index (χ0v) is 8.41. The van der Waals surface area contributed by atoms with Gasteiger partial charge >= 0.3 is 0 Å². The van der Waals surface area contributed by atoms with Gasteiger partial charge in [-0.2, -0.15) is 0 Å². The maximum absolute atomic E-state index is 5.56. The number of ether oxygens (including phenoxy) is 1. The maximum Gasteiger partial charge on any atom is 0.0674 e. The second kappa shape index (κ2) is 2.96. The van der Waals surface area contributed by atoms with Gasteiger partial charge in [-0.1, -0.05) is 0 Å². The van der Waals surface area contributed by atoms with Gasteiger partial charge in [-0.15, -0.1) is 0 Å². The lowest BCUT2D eigenvalue weighted by molar-refractivity contribution is -0.0346. The SMILES string of the molecule is CC1CN(C2CC3CC3C2)CCO1. The molecular weight excluding hydrogens is 162 g/mol. The third-order valence-electron chi connectivity index (χ3n) is 4.01. The summed E-state index contributed by atoms with van der Waals surface area (Å²) in [6.07, 6.45) is 4.97. The van der Waals surface area contributed by atoms with Crippen molar-refractivity contribution in [3.8, 4) is 0 Å². The molecule has 74 valence electrons. The van der Waals surface area contributed by atoms with Gasteiger partial charge in [0.2, 0.25) is 0 Å². The van der Waals surface area contributed by atoms with E-state index in [-0.39, 0.29) is 0 Å².